The van der Waals surface area contributed by atoms with Gasteiger partial charge in [0, 0.05) is 12.7 Å². The standard InChI is InChI=1S/C24H26N2O5S.Li.H/c1-15-6-4-5-7-17(15)19-12-16(22(30-2)21-13-25-14-31-21)8-9-18(19)23(27)26-20(24(28)29)10-11-32-3;;/h4-9,12-14,20,22H,10-11H2,1-3H3,(H,26,27)(H,28,29);;/q;+1;-1. The number of nitrogens with zero attached hydrogens (tertiary/aromatic N) is 1. The molecule has 0 saturated carbocycles. The van der Waals surface area contributed by atoms with Gasteiger partial charge in [0.1, 0.15) is 12.1 Å². The Kier molecular flexibility index (Phi) is 10.3. The van der Waals surface area contributed by atoms with Crippen molar-refractivity contribution in [2.24, 2.45) is 0 Å². The number of carboxylic acid groups (broad SMARTS) is 1. The number of methoxy groups -OCH3 is 1. The number of aliphatic carboxylic acids is 1. The van der Waals surface area contributed by atoms with Crippen LogP contribution in [0.5, 0.6) is 0 Å². The molecule has 1 heterocycles. The minimum absolute atomic E-state index is 0. The van der Waals surface area contributed by atoms with Crippen LogP contribution >= 0.6 is 11.8 Å². The maximum Gasteiger partial charge on any atom is 1.00 e. The number of nitrogens with one attached hydrogen (secondary N) is 1. The second kappa shape index (κ2) is 12.7. The first-order valence-electron chi connectivity index (χ1n) is 10.1. The van der Waals surface area contributed by atoms with Crippen molar-refractivity contribution in [3.63, 3.8) is 0 Å². The Morgan fingerprint density at radius 1 is 1.24 bits per heavy atom. The van der Waals surface area contributed by atoms with E-state index in [4.69, 9.17) is 9.15 Å². The van der Waals surface area contributed by atoms with Gasteiger partial charge in [-0.05, 0) is 59.7 Å². The van der Waals surface area contributed by atoms with Crippen molar-refractivity contribution in [2.75, 3.05) is 19.1 Å². The zero-order chi connectivity index (χ0) is 23.1. The molecule has 0 fully saturated rings. The van der Waals surface area contributed by atoms with E-state index in [0.717, 1.165) is 16.7 Å². The fraction of sp³-hybridized carbons (Fsp3) is 0.292. The number of carbonyl (C=O) groups is 2. The number of aromatic nitrogens is 1. The summed E-state index contributed by atoms with van der Waals surface area (Å²) in [6, 6.07) is 12.1. The van der Waals surface area contributed by atoms with E-state index < -0.39 is 24.0 Å². The Hall–Kier alpha value is -2.50. The average Bonchev–Trinajstić information content (AvgIpc) is 3.31. The number of thioether (sulfide) groups is 1. The summed E-state index contributed by atoms with van der Waals surface area (Å²) in [7, 11) is 1.57. The van der Waals surface area contributed by atoms with Gasteiger partial charge in [-0.15, -0.1) is 0 Å². The second-order valence-electron chi connectivity index (χ2n) is 7.29. The molecule has 33 heavy (non-hydrogen) atoms. The van der Waals surface area contributed by atoms with E-state index in [1.165, 1.54) is 18.2 Å². The molecule has 9 heteroatoms. The van der Waals surface area contributed by atoms with Crippen molar-refractivity contribution >= 4 is 23.6 Å². The van der Waals surface area contributed by atoms with Gasteiger partial charge in [-0.1, -0.05) is 30.3 Å². The molecule has 7 nitrogen and oxygen atoms in total. The molecule has 2 unspecified atom stereocenters. The van der Waals surface area contributed by atoms with Crippen LogP contribution in [0.25, 0.3) is 11.1 Å². The van der Waals surface area contributed by atoms with E-state index in [1.54, 1.807) is 25.4 Å². The van der Waals surface area contributed by atoms with Crippen molar-refractivity contribution in [1.29, 1.82) is 0 Å². The quantitative estimate of drug-likeness (QED) is 0.440. The smallest absolute Gasteiger partial charge is 1.00 e. The molecule has 170 valence electrons. The maximum absolute atomic E-state index is 13.2. The fourth-order valence-corrected chi connectivity index (χ4v) is 3.99. The van der Waals surface area contributed by atoms with Crippen LogP contribution in [0, 0.1) is 6.92 Å². The van der Waals surface area contributed by atoms with Crippen LogP contribution < -0.4 is 24.2 Å². The Morgan fingerprint density at radius 2 is 2.00 bits per heavy atom. The fourth-order valence-electron chi connectivity index (χ4n) is 3.52. The number of hydrogen-bond donors (Lipinski definition) is 2. The number of benzene rings is 2. The van der Waals surface area contributed by atoms with Crippen LogP contribution in [0.1, 0.15) is 41.2 Å². The van der Waals surface area contributed by atoms with E-state index in [9.17, 15) is 14.7 Å². The van der Waals surface area contributed by atoms with E-state index in [1.807, 2.05) is 43.5 Å². The Labute approximate surface area is 211 Å². The largest absolute Gasteiger partial charge is 1.00 e. The predicted octanol–water partition coefficient (Wildman–Crippen LogP) is 1.44. The minimum Gasteiger partial charge on any atom is -1.00 e. The number of carbonyl (C=O) groups excluding carboxylic acids is 1. The SMILES string of the molecule is COC(c1ccc(C(=O)NC(CCSC)C(=O)O)c(-c2ccccc2C)c1)c1cnco1.[H-].[Li+]. The summed E-state index contributed by atoms with van der Waals surface area (Å²) in [6.07, 6.45) is 4.68. The molecule has 2 N–H and O–H groups in total. The molecule has 1 aromatic heterocycles. The van der Waals surface area contributed by atoms with Gasteiger partial charge >= 0.3 is 24.8 Å². The molecule has 0 aliphatic rings. The number of rotatable bonds is 10. The first-order chi connectivity index (χ1) is 15.5. The first-order valence-corrected chi connectivity index (χ1v) is 11.5. The number of amides is 1. The second-order valence-corrected chi connectivity index (χ2v) is 8.27. The van der Waals surface area contributed by atoms with Gasteiger partial charge in [-0.2, -0.15) is 11.8 Å². The van der Waals surface area contributed by atoms with Crippen molar-refractivity contribution in [1.82, 2.24) is 10.3 Å². The summed E-state index contributed by atoms with van der Waals surface area (Å²) < 4.78 is 11.1. The van der Waals surface area contributed by atoms with Crippen LogP contribution in [-0.2, 0) is 9.53 Å². The number of oxazole rings is 1. The third-order valence-electron chi connectivity index (χ3n) is 5.19. The van der Waals surface area contributed by atoms with Gasteiger partial charge in [0.05, 0.1) is 6.20 Å². The molecular weight excluding hydrogens is 435 g/mol. The normalized spacial score (nSPS) is 12.5. The van der Waals surface area contributed by atoms with E-state index in [-0.39, 0.29) is 20.3 Å². The molecule has 0 saturated heterocycles. The maximum atomic E-state index is 13.2. The molecule has 1 amide bonds. The average molecular weight is 462 g/mol. The first kappa shape index (κ1) is 26.7. The zero-order valence-corrected chi connectivity index (χ0v) is 20.0. The molecule has 0 spiro atoms. The number of aryl methyl sites for hydroxylation is 1. The van der Waals surface area contributed by atoms with Crippen LogP contribution in [-0.4, -0.2) is 47.1 Å². The van der Waals surface area contributed by atoms with Gasteiger partial charge in [-0.3, -0.25) is 4.79 Å². The van der Waals surface area contributed by atoms with Crippen LogP contribution in [0.4, 0.5) is 0 Å². The molecule has 0 bridgehead atoms. The summed E-state index contributed by atoms with van der Waals surface area (Å²) in [4.78, 5) is 28.8. The summed E-state index contributed by atoms with van der Waals surface area (Å²) in [5, 5.41) is 12.2. The summed E-state index contributed by atoms with van der Waals surface area (Å²) in [5.41, 5.74) is 3.74. The molecule has 0 aliphatic heterocycles. The zero-order valence-electron chi connectivity index (χ0n) is 20.2. The van der Waals surface area contributed by atoms with Crippen LogP contribution in [0.3, 0.4) is 0 Å². The monoisotopic (exact) mass is 462 g/mol. The van der Waals surface area contributed by atoms with E-state index in [0.29, 0.717) is 29.1 Å². The Bertz CT molecular complexity index is 1080. The van der Waals surface area contributed by atoms with Gasteiger partial charge in [-0.25, -0.2) is 9.78 Å². The van der Waals surface area contributed by atoms with Gasteiger partial charge in [0.15, 0.2) is 12.2 Å². The molecule has 0 radical (unpaired) electrons. The summed E-state index contributed by atoms with van der Waals surface area (Å²) >= 11 is 1.54. The van der Waals surface area contributed by atoms with Gasteiger partial charge in [0.2, 0.25) is 0 Å². The predicted molar refractivity (Wildman–Crippen MR) is 125 cm³/mol. The summed E-state index contributed by atoms with van der Waals surface area (Å²) in [5.74, 6) is -0.306. The molecule has 3 aromatic rings. The van der Waals surface area contributed by atoms with Crippen LogP contribution in [0.2, 0.25) is 0 Å². The Balaban J connectivity index is 0.00000289. The molecular formula is C24H27LiN2O5S. The Morgan fingerprint density at radius 3 is 2.61 bits per heavy atom. The topological polar surface area (TPSA) is 102 Å². The van der Waals surface area contributed by atoms with Gasteiger partial charge < -0.3 is 21.0 Å². The van der Waals surface area contributed by atoms with Crippen LogP contribution in [0.15, 0.2) is 59.5 Å². The molecule has 0 aliphatic carbocycles. The van der Waals surface area contributed by atoms with E-state index in [2.05, 4.69) is 10.3 Å². The van der Waals surface area contributed by atoms with Gasteiger partial charge in [0.25, 0.3) is 5.91 Å². The molecule has 3 rings (SSSR count). The van der Waals surface area contributed by atoms with Crippen molar-refractivity contribution in [3.8, 4) is 11.1 Å². The van der Waals surface area contributed by atoms with E-state index >= 15 is 0 Å². The van der Waals surface area contributed by atoms with Crippen molar-refractivity contribution < 1.29 is 44.1 Å². The van der Waals surface area contributed by atoms with Crippen molar-refractivity contribution in [3.05, 3.63) is 77.5 Å². The number of hydrogen-bond acceptors (Lipinski definition) is 6. The molecule has 2 atom stereocenters. The minimum atomic E-state index is -1.05. The third-order valence-corrected chi connectivity index (χ3v) is 5.83. The van der Waals surface area contributed by atoms with Crippen molar-refractivity contribution in [2.45, 2.75) is 25.5 Å². The molecule has 2 aromatic carbocycles. The number of ether oxygens (including phenoxy) is 1. The third kappa shape index (κ3) is 6.52. The number of carboxylic acids is 1. The summed E-state index contributed by atoms with van der Waals surface area (Å²) in [6.45, 7) is 1.96.